The largest absolute Gasteiger partial charge is 0.322 e. The number of carbonyl (C=O) groups is 2. The van der Waals surface area contributed by atoms with Gasteiger partial charge in [0, 0.05) is 23.0 Å². The molecular formula is C21H21ClFN3O4S2. The Labute approximate surface area is 195 Å². The van der Waals surface area contributed by atoms with Crippen LogP contribution in [0.25, 0.3) is 0 Å². The van der Waals surface area contributed by atoms with Gasteiger partial charge in [0.15, 0.2) is 0 Å². The summed E-state index contributed by atoms with van der Waals surface area (Å²) in [7, 11) is -3.70. The molecule has 0 unspecified atom stereocenters. The summed E-state index contributed by atoms with van der Waals surface area (Å²) < 4.78 is 41.6. The molecule has 4 rings (SSSR count). The van der Waals surface area contributed by atoms with Gasteiger partial charge >= 0.3 is 0 Å². The van der Waals surface area contributed by atoms with Crippen molar-refractivity contribution in [3.8, 4) is 0 Å². The number of nitrogens with zero attached hydrogens (tertiary/aromatic N) is 2. The van der Waals surface area contributed by atoms with Crippen LogP contribution in [0, 0.1) is 5.82 Å². The number of nitrogens with one attached hydrogen (secondary N) is 1. The molecule has 2 aliphatic heterocycles. The summed E-state index contributed by atoms with van der Waals surface area (Å²) in [5, 5.41) is 2.63. The van der Waals surface area contributed by atoms with Crippen LogP contribution in [-0.2, 0) is 19.6 Å². The van der Waals surface area contributed by atoms with Crippen molar-refractivity contribution in [2.45, 2.75) is 29.1 Å². The lowest BCUT2D eigenvalue weighted by Crippen LogP contribution is -2.41. The Kier molecular flexibility index (Phi) is 6.75. The van der Waals surface area contributed by atoms with Crippen molar-refractivity contribution in [1.29, 1.82) is 0 Å². The minimum Gasteiger partial charge on any atom is -0.322 e. The van der Waals surface area contributed by atoms with Crippen LogP contribution in [0.2, 0.25) is 5.02 Å². The van der Waals surface area contributed by atoms with Crippen molar-refractivity contribution >= 4 is 56.6 Å². The predicted octanol–water partition coefficient (Wildman–Crippen LogP) is 3.73. The van der Waals surface area contributed by atoms with Gasteiger partial charge in [0.1, 0.15) is 12.4 Å². The van der Waals surface area contributed by atoms with Gasteiger partial charge in [-0.1, -0.05) is 18.0 Å². The van der Waals surface area contributed by atoms with Crippen molar-refractivity contribution in [1.82, 2.24) is 4.31 Å². The van der Waals surface area contributed by atoms with Crippen LogP contribution >= 0.6 is 23.4 Å². The van der Waals surface area contributed by atoms with E-state index in [4.69, 9.17) is 11.6 Å². The summed E-state index contributed by atoms with van der Waals surface area (Å²) in [6, 6.07) is 8.49. The number of thioether (sulfide) groups is 1. The molecule has 2 aromatic carbocycles. The summed E-state index contributed by atoms with van der Waals surface area (Å²) in [6.07, 6.45) is 2.62. The van der Waals surface area contributed by atoms with Crippen molar-refractivity contribution in [2.75, 3.05) is 35.6 Å². The highest BCUT2D eigenvalue weighted by atomic mass is 35.5. The predicted molar refractivity (Wildman–Crippen MR) is 122 cm³/mol. The van der Waals surface area contributed by atoms with Gasteiger partial charge in [-0.2, -0.15) is 4.31 Å². The quantitative estimate of drug-likeness (QED) is 0.680. The number of anilines is 2. The standard InChI is InChI=1S/C21H21ClFN3O4S2/c22-14-4-6-17(16(23)10-14)24-20(27)12-26-18-11-15(5-7-19(18)31-13-21(26)28)32(29,30)25-8-2-1-3-9-25/h4-7,10-11H,1-3,8-9,12-13H2,(H,24,27). The highest BCUT2D eigenvalue weighted by Gasteiger charge is 2.31. The van der Waals surface area contributed by atoms with Gasteiger partial charge in [0.25, 0.3) is 0 Å². The highest BCUT2D eigenvalue weighted by molar-refractivity contribution is 8.00. The number of amides is 2. The van der Waals surface area contributed by atoms with Crippen molar-refractivity contribution < 1.29 is 22.4 Å². The van der Waals surface area contributed by atoms with E-state index in [2.05, 4.69) is 5.32 Å². The third-order valence-corrected chi connectivity index (χ3v) is 8.51. The number of rotatable bonds is 5. The van der Waals surface area contributed by atoms with E-state index in [0.717, 1.165) is 25.3 Å². The number of carbonyl (C=O) groups excluding carboxylic acids is 2. The van der Waals surface area contributed by atoms with E-state index < -0.39 is 21.7 Å². The molecule has 32 heavy (non-hydrogen) atoms. The lowest BCUT2D eigenvalue weighted by molar-refractivity contribution is -0.120. The summed E-state index contributed by atoms with van der Waals surface area (Å²) in [5.41, 5.74) is 0.302. The Morgan fingerprint density at radius 3 is 2.59 bits per heavy atom. The zero-order valence-electron chi connectivity index (χ0n) is 17.0. The molecule has 1 fully saturated rings. The van der Waals surface area contributed by atoms with Crippen LogP contribution in [0.3, 0.4) is 0 Å². The Balaban J connectivity index is 1.59. The molecule has 170 valence electrons. The molecule has 2 aliphatic rings. The summed E-state index contributed by atoms with van der Waals surface area (Å²) >= 11 is 7.02. The molecule has 7 nitrogen and oxygen atoms in total. The van der Waals surface area contributed by atoms with E-state index in [1.165, 1.54) is 45.2 Å². The third-order valence-electron chi connectivity index (χ3n) is 5.33. The number of sulfonamides is 1. The zero-order valence-corrected chi connectivity index (χ0v) is 19.4. The average Bonchev–Trinajstić information content (AvgIpc) is 2.78. The average molecular weight is 498 g/mol. The van der Waals surface area contributed by atoms with E-state index in [0.29, 0.717) is 23.7 Å². The second-order valence-corrected chi connectivity index (χ2v) is 10.9. The number of benzene rings is 2. The minimum absolute atomic E-state index is 0.0557. The minimum atomic E-state index is -3.70. The molecule has 2 amide bonds. The normalized spacial score (nSPS) is 17.2. The maximum Gasteiger partial charge on any atom is 0.244 e. The zero-order chi connectivity index (χ0) is 22.9. The molecule has 2 aromatic rings. The van der Waals surface area contributed by atoms with Crippen LogP contribution in [-0.4, -0.2) is 49.9 Å². The summed E-state index contributed by atoms with van der Waals surface area (Å²) in [4.78, 5) is 27.2. The van der Waals surface area contributed by atoms with E-state index >= 15 is 0 Å². The van der Waals surface area contributed by atoms with E-state index in [9.17, 15) is 22.4 Å². The molecule has 0 spiro atoms. The molecule has 0 aliphatic carbocycles. The van der Waals surface area contributed by atoms with Crippen LogP contribution in [0.4, 0.5) is 15.8 Å². The molecule has 1 N–H and O–H groups in total. The lowest BCUT2D eigenvalue weighted by atomic mass is 10.2. The van der Waals surface area contributed by atoms with Gasteiger partial charge in [-0.15, -0.1) is 11.8 Å². The fourth-order valence-corrected chi connectivity index (χ4v) is 6.31. The van der Waals surface area contributed by atoms with Gasteiger partial charge in [-0.05, 0) is 49.2 Å². The molecule has 0 bridgehead atoms. The number of piperidine rings is 1. The fourth-order valence-electron chi connectivity index (χ4n) is 3.69. The first-order valence-electron chi connectivity index (χ1n) is 10.1. The molecule has 0 saturated carbocycles. The van der Waals surface area contributed by atoms with Gasteiger partial charge in [0.2, 0.25) is 21.8 Å². The van der Waals surface area contributed by atoms with E-state index in [1.807, 2.05) is 0 Å². The second kappa shape index (κ2) is 9.38. The van der Waals surface area contributed by atoms with Crippen molar-refractivity contribution in [3.63, 3.8) is 0 Å². The van der Waals surface area contributed by atoms with Crippen LogP contribution < -0.4 is 10.2 Å². The summed E-state index contributed by atoms with van der Waals surface area (Å²) in [6.45, 7) is 0.555. The topological polar surface area (TPSA) is 86.8 Å². The molecule has 0 radical (unpaired) electrons. The van der Waals surface area contributed by atoms with Crippen molar-refractivity contribution in [3.05, 3.63) is 47.2 Å². The molecule has 11 heteroatoms. The Hall–Kier alpha value is -2.14. The first kappa shape index (κ1) is 23.0. The van der Waals surface area contributed by atoms with E-state index in [-0.39, 0.29) is 33.8 Å². The second-order valence-electron chi connectivity index (χ2n) is 7.54. The molecule has 1 saturated heterocycles. The first-order valence-corrected chi connectivity index (χ1v) is 12.9. The van der Waals surface area contributed by atoms with Crippen LogP contribution in [0.15, 0.2) is 46.2 Å². The number of hydrogen-bond acceptors (Lipinski definition) is 5. The van der Waals surface area contributed by atoms with Gasteiger partial charge in [-0.3, -0.25) is 9.59 Å². The van der Waals surface area contributed by atoms with Crippen LogP contribution in [0.5, 0.6) is 0 Å². The van der Waals surface area contributed by atoms with Gasteiger partial charge in [0.05, 0.1) is 22.0 Å². The lowest BCUT2D eigenvalue weighted by Gasteiger charge is -2.30. The first-order chi connectivity index (χ1) is 15.3. The van der Waals surface area contributed by atoms with Crippen molar-refractivity contribution in [2.24, 2.45) is 0 Å². The SMILES string of the molecule is O=C(CN1C(=O)CSc2ccc(S(=O)(=O)N3CCCCC3)cc21)Nc1ccc(Cl)cc1F. The van der Waals surface area contributed by atoms with Crippen LogP contribution in [0.1, 0.15) is 19.3 Å². The molecule has 0 atom stereocenters. The summed E-state index contributed by atoms with van der Waals surface area (Å²) in [5.74, 6) is -1.52. The number of hydrogen-bond donors (Lipinski definition) is 1. The monoisotopic (exact) mass is 497 g/mol. The molecular weight excluding hydrogens is 477 g/mol. The fraction of sp³-hybridized carbons (Fsp3) is 0.333. The molecule has 0 aromatic heterocycles. The third kappa shape index (κ3) is 4.78. The highest BCUT2D eigenvalue weighted by Crippen LogP contribution is 2.37. The Bertz CT molecular complexity index is 1170. The van der Waals surface area contributed by atoms with E-state index in [1.54, 1.807) is 6.07 Å². The molecule has 2 heterocycles. The smallest absolute Gasteiger partial charge is 0.244 e. The number of fused-ring (bicyclic) bond motifs is 1. The Morgan fingerprint density at radius 2 is 1.88 bits per heavy atom. The van der Waals surface area contributed by atoms with Gasteiger partial charge in [-0.25, -0.2) is 12.8 Å². The maximum absolute atomic E-state index is 14.0. The number of halogens is 2. The van der Waals surface area contributed by atoms with Gasteiger partial charge < -0.3 is 10.2 Å². The maximum atomic E-state index is 14.0. The Morgan fingerprint density at radius 1 is 1.12 bits per heavy atom.